The first-order valence-electron chi connectivity index (χ1n) is 13.0. The van der Waals surface area contributed by atoms with Gasteiger partial charge in [0.15, 0.2) is 11.6 Å². The van der Waals surface area contributed by atoms with Crippen molar-refractivity contribution in [3.05, 3.63) is 59.5 Å². The number of methoxy groups -OCH3 is 1. The number of allylic oxidation sites excluding steroid dienone is 3. The van der Waals surface area contributed by atoms with E-state index in [1.54, 1.807) is 33.0 Å². The second-order valence-corrected chi connectivity index (χ2v) is 11.1. The van der Waals surface area contributed by atoms with Crippen LogP contribution in [0.3, 0.4) is 0 Å². The van der Waals surface area contributed by atoms with Gasteiger partial charge in [-0.2, -0.15) is 0 Å². The zero-order valence-corrected chi connectivity index (χ0v) is 26.4. The van der Waals surface area contributed by atoms with E-state index in [0.29, 0.717) is 17.7 Å². The number of anilines is 1. The Kier molecular flexibility index (Phi) is 9.78. The summed E-state index contributed by atoms with van der Waals surface area (Å²) in [6.45, 7) is 11.3. The molecule has 4 rings (SSSR count). The van der Waals surface area contributed by atoms with Crippen LogP contribution in [0, 0.1) is 12.8 Å². The number of ether oxygens (including phenoxy) is 3. The van der Waals surface area contributed by atoms with Gasteiger partial charge < -0.3 is 39.7 Å². The Hall–Kier alpha value is -1.75. The third kappa shape index (κ3) is 6.44. The molecular weight excluding hydrogens is 577 g/mol. The van der Waals surface area contributed by atoms with E-state index in [4.69, 9.17) is 14.2 Å². The number of rotatable bonds is 1. The van der Waals surface area contributed by atoms with Crippen molar-refractivity contribution in [3.8, 4) is 5.75 Å². The van der Waals surface area contributed by atoms with Gasteiger partial charge in [0.1, 0.15) is 23.6 Å². The summed E-state index contributed by atoms with van der Waals surface area (Å²) >= 11 is 0. The molecule has 39 heavy (non-hydrogen) atoms. The van der Waals surface area contributed by atoms with Gasteiger partial charge in [-0.3, -0.25) is 4.79 Å². The topological polar surface area (TPSA) is 124 Å². The number of epoxide rings is 1. The standard InChI is InChI=1S/C29H40N2O7.Y/c1-16-9-8-10-25(36-7)29(35)15-23(37-19(4)30-29)18(3)27-28(5,38-27)24(33)14-26(34)31(6)21-12-20(11-16)13-22(32)17(21)2;/h8-10,12-13,18,23-25,27,30,32-33,35H,4,11,14-15H2,1-3,5-7H3;/b10-8+,16-9+;/t18-,23+,24+,25-,27+,28+,29+;/m1./s1. The van der Waals surface area contributed by atoms with Crippen LogP contribution in [0.25, 0.3) is 0 Å². The number of fused-ring (bicyclic) bond motifs is 5. The number of benzene rings is 1. The Bertz CT molecular complexity index is 1170. The fourth-order valence-electron chi connectivity index (χ4n) is 5.63. The number of carbonyl (C=O) groups excluding carboxylic acids is 1. The molecule has 3 aliphatic rings. The fourth-order valence-corrected chi connectivity index (χ4v) is 5.63. The summed E-state index contributed by atoms with van der Waals surface area (Å²) in [5.41, 5.74) is 0.568. The largest absolute Gasteiger partial charge is 0.508 e. The van der Waals surface area contributed by atoms with Gasteiger partial charge in [0.25, 0.3) is 0 Å². The minimum Gasteiger partial charge on any atom is -0.508 e. The van der Waals surface area contributed by atoms with Gasteiger partial charge in [-0.05, 0) is 51.5 Å². The summed E-state index contributed by atoms with van der Waals surface area (Å²) in [5, 5.41) is 36.2. The summed E-state index contributed by atoms with van der Waals surface area (Å²) < 4.78 is 17.6. The average Bonchev–Trinajstić information content (AvgIpc) is 3.54. The second kappa shape index (κ2) is 12.0. The van der Waals surface area contributed by atoms with Crippen molar-refractivity contribution < 1.29 is 67.0 Å². The van der Waals surface area contributed by atoms with Crippen molar-refractivity contribution >= 4 is 11.6 Å². The summed E-state index contributed by atoms with van der Waals surface area (Å²) in [6.07, 6.45) is 3.47. The maximum atomic E-state index is 13.2. The number of phenols is 1. The van der Waals surface area contributed by atoms with Crippen LogP contribution in [0.5, 0.6) is 5.75 Å². The van der Waals surface area contributed by atoms with Crippen molar-refractivity contribution in [1.82, 2.24) is 5.32 Å². The summed E-state index contributed by atoms with van der Waals surface area (Å²) in [4.78, 5) is 14.7. The van der Waals surface area contributed by atoms with Crippen LogP contribution in [-0.2, 0) is 58.1 Å². The van der Waals surface area contributed by atoms with E-state index in [-0.39, 0.29) is 69.0 Å². The van der Waals surface area contributed by atoms with Crippen molar-refractivity contribution in [1.29, 1.82) is 0 Å². The molecular formula is C29H40N2O7Y. The van der Waals surface area contributed by atoms with Crippen LogP contribution in [-0.4, -0.2) is 71.1 Å². The molecule has 4 bridgehead atoms. The van der Waals surface area contributed by atoms with E-state index in [9.17, 15) is 20.1 Å². The molecule has 1 radical (unpaired) electrons. The maximum Gasteiger partial charge on any atom is 0.229 e. The fraction of sp³-hybridized carbons (Fsp3) is 0.552. The molecule has 3 aliphatic heterocycles. The molecule has 2 saturated heterocycles. The monoisotopic (exact) mass is 617 g/mol. The number of hydrogen-bond donors (Lipinski definition) is 4. The molecule has 0 saturated carbocycles. The molecule has 4 N–H and O–H groups in total. The van der Waals surface area contributed by atoms with E-state index in [1.165, 1.54) is 12.0 Å². The number of aliphatic hydroxyl groups is 2. The summed E-state index contributed by atoms with van der Waals surface area (Å²) in [5.74, 6) is -0.206. The molecule has 2 fully saturated rings. The van der Waals surface area contributed by atoms with Crippen LogP contribution in [0.4, 0.5) is 5.69 Å². The van der Waals surface area contributed by atoms with E-state index in [2.05, 4.69) is 11.9 Å². The number of hydrogen-bond acceptors (Lipinski definition) is 8. The minimum absolute atomic E-state index is 0. The normalized spacial score (nSPS) is 37.4. The Morgan fingerprint density at radius 3 is 2.64 bits per heavy atom. The third-order valence-corrected chi connectivity index (χ3v) is 8.17. The van der Waals surface area contributed by atoms with Crippen molar-refractivity contribution in [2.24, 2.45) is 5.92 Å². The summed E-state index contributed by atoms with van der Waals surface area (Å²) in [7, 11) is 3.17. The van der Waals surface area contributed by atoms with Gasteiger partial charge in [-0.1, -0.05) is 30.7 Å². The molecule has 0 unspecified atom stereocenters. The number of carbonyl (C=O) groups is 1. The third-order valence-electron chi connectivity index (χ3n) is 8.17. The van der Waals surface area contributed by atoms with Gasteiger partial charge >= 0.3 is 0 Å². The van der Waals surface area contributed by atoms with Crippen molar-refractivity contribution in [2.75, 3.05) is 19.1 Å². The van der Waals surface area contributed by atoms with Gasteiger partial charge in [0, 0.05) is 64.8 Å². The number of phenolic OH excluding ortho intramolecular Hbond substituents is 1. The zero-order valence-electron chi connectivity index (χ0n) is 23.6. The number of nitrogens with one attached hydrogen (secondary N) is 1. The Morgan fingerprint density at radius 1 is 1.28 bits per heavy atom. The van der Waals surface area contributed by atoms with Crippen LogP contribution in [0.15, 0.2) is 48.4 Å². The maximum absolute atomic E-state index is 13.2. The average molecular weight is 618 g/mol. The van der Waals surface area contributed by atoms with Crippen LogP contribution in [0.2, 0.25) is 0 Å². The minimum atomic E-state index is -1.48. The molecule has 9 nitrogen and oxygen atoms in total. The molecule has 7 atom stereocenters. The first-order chi connectivity index (χ1) is 17.8. The quantitative estimate of drug-likeness (QED) is 0.355. The molecule has 1 aromatic rings. The molecule has 0 spiro atoms. The van der Waals surface area contributed by atoms with E-state index in [1.807, 2.05) is 32.1 Å². The molecule has 211 valence electrons. The predicted molar refractivity (Wildman–Crippen MR) is 143 cm³/mol. The smallest absolute Gasteiger partial charge is 0.229 e. The molecule has 0 aliphatic carbocycles. The van der Waals surface area contributed by atoms with E-state index >= 15 is 0 Å². The zero-order chi connectivity index (χ0) is 28.0. The first-order valence-corrected chi connectivity index (χ1v) is 13.0. The predicted octanol–water partition coefficient (Wildman–Crippen LogP) is 2.82. The van der Waals surface area contributed by atoms with Gasteiger partial charge in [0.05, 0.1) is 24.3 Å². The first kappa shape index (κ1) is 31.8. The molecule has 3 heterocycles. The number of nitrogens with zero attached hydrogens (tertiary/aromatic N) is 1. The van der Waals surface area contributed by atoms with Gasteiger partial charge in [-0.15, -0.1) is 0 Å². The Balaban J connectivity index is 0.00000420. The number of aliphatic hydroxyl groups excluding tert-OH is 1. The Labute approximate surface area is 255 Å². The van der Waals surface area contributed by atoms with Gasteiger partial charge in [-0.25, -0.2) is 0 Å². The van der Waals surface area contributed by atoms with Gasteiger partial charge in [0.2, 0.25) is 5.91 Å². The molecule has 10 heteroatoms. The number of aromatic hydroxyl groups is 1. The second-order valence-electron chi connectivity index (χ2n) is 11.1. The molecule has 0 aromatic heterocycles. The van der Waals surface area contributed by atoms with Crippen molar-refractivity contribution in [2.45, 2.75) is 82.7 Å². The van der Waals surface area contributed by atoms with Crippen LogP contribution < -0.4 is 10.2 Å². The van der Waals surface area contributed by atoms with Crippen LogP contribution in [0.1, 0.15) is 44.7 Å². The molecule has 1 aromatic carbocycles. The SMILES string of the molecule is C=C1N[C@]2(O)C[C@H](O1)[C@@H](C)[C@@H]1O[C@@]1(C)[C@@H](O)CC(=O)N(C)c1cc(cc(O)c1C)C/C(C)=C/C=C/[C@H]2OC.[Y]. The van der Waals surface area contributed by atoms with E-state index in [0.717, 1.165) is 11.1 Å². The number of amides is 1. The van der Waals surface area contributed by atoms with Crippen LogP contribution >= 0.6 is 0 Å². The summed E-state index contributed by atoms with van der Waals surface area (Å²) in [6, 6.07) is 3.57. The Morgan fingerprint density at radius 2 is 1.97 bits per heavy atom. The van der Waals surface area contributed by atoms with Crippen molar-refractivity contribution in [3.63, 3.8) is 0 Å². The van der Waals surface area contributed by atoms with E-state index < -0.39 is 35.7 Å². The molecule has 1 amide bonds.